The van der Waals surface area contributed by atoms with Crippen molar-refractivity contribution in [3.8, 4) is 5.75 Å². The fourth-order valence-corrected chi connectivity index (χ4v) is 3.11. The minimum absolute atomic E-state index is 0.0530. The van der Waals surface area contributed by atoms with Gasteiger partial charge in [-0.3, -0.25) is 14.4 Å². The summed E-state index contributed by atoms with van der Waals surface area (Å²) >= 11 is 0. The third-order valence-corrected chi connectivity index (χ3v) is 4.45. The molecule has 0 aliphatic carbocycles. The zero-order valence-electron chi connectivity index (χ0n) is 15.4. The van der Waals surface area contributed by atoms with Gasteiger partial charge in [0.05, 0.1) is 24.5 Å². The molecule has 0 unspecified atom stereocenters. The van der Waals surface area contributed by atoms with E-state index in [1.165, 1.54) is 46.1 Å². The molecule has 0 saturated heterocycles. The first-order valence-electron chi connectivity index (χ1n) is 8.89. The summed E-state index contributed by atoms with van der Waals surface area (Å²) in [7, 11) is 0. The van der Waals surface area contributed by atoms with Gasteiger partial charge in [-0.25, -0.2) is 13.8 Å². The molecule has 1 N–H and O–H groups in total. The van der Waals surface area contributed by atoms with E-state index in [-0.39, 0.29) is 36.0 Å². The van der Waals surface area contributed by atoms with Crippen molar-refractivity contribution in [1.29, 1.82) is 0 Å². The van der Waals surface area contributed by atoms with Crippen LogP contribution in [0.25, 0.3) is 0 Å². The number of benzene rings is 1. The van der Waals surface area contributed by atoms with Gasteiger partial charge in [-0.05, 0) is 30.3 Å². The summed E-state index contributed by atoms with van der Waals surface area (Å²) in [5.41, 5.74) is 0.768. The lowest BCUT2D eigenvalue weighted by Crippen LogP contribution is -2.41. The number of pyridine rings is 1. The molecule has 0 bridgehead atoms. The van der Waals surface area contributed by atoms with Crippen LogP contribution in [0.2, 0.25) is 0 Å². The number of aromatic nitrogens is 3. The lowest BCUT2D eigenvalue weighted by Gasteiger charge is -2.26. The van der Waals surface area contributed by atoms with Gasteiger partial charge in [0.25, 0.3) is 5.91 Å². The molecule has 7 nitrogen and oxygen atoms in total. The number of hydrogen-bond donors (Lipinski definition) is 1. The Hall–Kier alpha value is -3.63. The maximum absolute atomic E-state index is 14.1. The molecule has 3 aromatic rings. The van der Waals surface area contributed by atoms with Crippen molar-refractivity contribution in [1.82, 2.24) is 14.8 Å². The smallest absolute Gasteiger partial charge is 0.387 e. The number of anilines is 2. The van der Waals surface area contributed by atoms with Crippen LogP contribution in [0.5, 0.6) is 5.75 Å². The molecule has 11 heteroatoms. The molecule has 1 aliphatic rings. The summed E-state index contributed by atoms with van der Waals surface area (Å²) in [5.74, 6) is -2.17. The van der Waals surface area contributed by atoms with Crippen LogP contribution in [0.15, 0.2) is 42.6 Å². The van der Waals surface area contributed by atoms with Gasteiger partial charge in [0.1, 0.15) is 17.3 Å². The predicted molar refractivity (Wildman–Crippen MR) is 98.5 cm³/mol. The Morgan fingerprint density at radius 1 is 1.13 bits per heavy atom. The number of fused-ring (bicyclic) bond motifs is 1. The summed E-state index contributed by atoms with van der Waals surface area (Å²) < 4.78 is 58.1. The van der Waals surface area contributed by atoms with Gasteiger partial charge in [-0.2, -0.15) is 13.9 Å². The van der Waals surface area contributed by atoms with Crippen molar-refractivity contribution in [3.05, 3.63) is 65.6 Å². The van der Waals surface area contributed by atoms with Crippen LogP contribution in [0.3, 0.4) is 0 Å². The van der Waals surface area contributed by atoms with E-state index in [2.05, 4.69) is 20.1 Å². The average Bonchev–Trinajstić information content (AvgIpc) is 3.12. The van der Waals surface area contributed by atoms with E-state index >= 15 is 0 Å². The second-order valence-electron chi connectivity index (χ2n) is 6.38. The van der Waals surface area contributed by atoms with Crippen LogP contribution in [0.4, 0.5) is 29.1 Å². The maximum atomic E-state index is 14.1. The summed E-state index contributed by atoms with van der Waals surface area (Å²) in [6, 6.07) is 7.50. The number of nitrogens with one attached hydrogen (secondary N) is 1. The number of amides is 1. The molecule has 0 radical (unpaired) electrons. The highest BCUT2D eigenvalue weighted by Gasteiger charge is 2.29. The summed E-state index contributed by atoms with van der Waals surface area (Å²) in [6.07, 6.45) is 1.40. The molecule has 0 saturated carbocycles. The molecular weight excluding hydrogens is 406 g/mol. The molecule has 2 aromatic heterocycles. The summed E-state index contributed by atoms with van der Waals surface area (Å²) in [5, 5.41) is 7.09. The summed E-state index contributed by atoms with van der Waals surface area (Å²) in [6.45, 7) is -2.42. The number of alkyl halides is 2. The molecule has 156 valence electrons. The largest absolute Gasteiger partial charge is 0.435 e. The molecule has 0 spiro atoms. The second-order valence-corrected chi connectivity index (χ2v) is 6.38. The number of halogens is 4. The van der Waals surface area contributed by atoms with Crippen LogP contribution in [-0.2, 0) is 13.1 Å². The van der Waals surface area contributed by atoms with Crippen LogP contribution < -0.4 is 15.0 Å². The lowest BCUT2D eigenvalue weighted by molar-refractivity contribution is -0.0499. The van der Waals surface area contributed by atoms with E-state index < -0.39 is 24.2 Å². The zero-order valence-corrected chi connectivity index (χ0v) is 15.4. The van der Waals surface area contributed by atoms with Crippen molar-refractivity contribution in [3.63, 3.8) is 0 Å². The SMILES string of the molecule is O=C1c2cc(CNc3ccc(OC(F)F)cc3F)nn2CCN1c1ncccc1F. The highest BCUT2D eigenvalue weighted by molar-refractivity contribution is 6.05. The van der Waals surface area contributed by atoms with Crippen molar-refractivity contribution < 1.29 is 27.1 Å². The van der Waals surface area contributed by atoms with Crippen LogP contribution in [0, 0.1) is 11.6 Å². The van der Waals surface area contributed by atoms with Gasteiger partial charge in [0.15, 0.2) is 11.6 Å². The fourth-order valence-electron chi connectivity index (χ4n) is 3.11. The number of carbonyl (C=O) groups excluding carboxylic acids is 1. The Morgan fingerprint density at radius 2 is 1.97 bits per heavy atom. The second kappa shape index (κ2) is 8.01. The first kappa shape index (κ1) is 19.7. The van der Waals surface area contributed by atoms with Gasteiger partial charge < -0.3 is 10.1 Å². The Balaban J connectivity index is 1.47. The normalized spacial score (nSPS) is 13.5. The standard InChI is InChI=1S/C19H15F4N5O2/c20-13-2-1-5-24-17(13)27-6-7-28-16(18(27)29)8-11(26-28)10-25-15-4-3-12(9-14(15)21)30-19(22)23/h1-5,8-9,19,25H,6-7,10H2. The molecule has 1 amide bonds. The Kier molecular flexibility index (Phi) is 5.25. The number of ether oxygens (including phenoxy) is 1. The third-order valence-electron chi connectivity index (χ3n) is 4.45. The van der Waals surface area contributed by atoms with E-state index in [9.17, 15) is 22.4 Å². The number of carbonyl (C=O) groups is 1. The molecule has 0 fully saturated rings. The minimum atomic E-state index is -3.04. The van der Waals surface area contributed by atoms with Crippen molar-refractivity contribution in [2.24, 2.45) is 0 Å². The van der Waals surface area contributed by atoms with Gasteiger partial charge in [0.2, 0.25) is 0 Å². The van der Waals surface area contributed by atoms with Crippen molar-refractivity contribution >= 4 is 17.4 Å². The Labute approximate surface area is 167 Å². The van der Waals surface area contributed by atoms with Crippen LogP contribution >= 0.6 is 0 Å². The molecule has 1 aliphatic heterocycles. The topological polar surface area (TPSA) is 72.3 Å². The lowest BCUT2D eigenvalue weighted by atomic mass is 10.2. The molecule has 4 rings (SSSR count). The number of hydrogen-bond acceptors (Lipinski definition) is 5. The van der Waals surface area contributed by atoms with E-state index in [4.69, 9.17) is 0 Å². The molecule has 1 aromatic carbocycles. The quantitative estimate of drug-likeness (QED) is 0.618. The van der Waals surface area contributed by atoms with Crippen molar-refractivity contribution in [2.45, 2.75) is 19.7 Å². The number of nitrogens with zero attached hydrogens (tertiary/aromatic N) is 4. The van der Waals surface area contributed by atoms with Crippen LogP contribution in [0.1, 0.15) is 16.2 Å². The summed E-state index contributed by atoms with van der Waals surface area (Å²) in [4.78, 5) is 17.9. The van der Waals surface area contributed by atoms with Gasteiger partial charge >= 0.3 is 6.61 Å². The first-order chi connectivity index (χ1) is 14.4. The predicted octanol–water partition coefficient (Wildman–Crippen LogP) is 3.43. The highest BCUT2D eigenvalue weighted by Crippen LogP contribution is 2.24. The molecule has 0 atom stereocenters. The van der Waals surface area contributed by atoms with E-state index in [0.717, 1.165) is 6.07 Å². The highest BCUT2D eigenvalue weighted by atomic mass is 19.3. The van der Waals surface area contributed by atoms with E-state index in [1.807, 2.05) is 0 Å². The van der Waals surface area contributed by atoms with E-state index in [0.29, 0.717) is 12.2 Å². The van der Waals surface area contributed by atoms with Crippen LogP contribution in [-0.4, -0.2) is 33.8 Å². The fraction of sp³-hybridized carbons (Fsp3) is 0.211. The Morgan fingerprint density at radius 3 is 2.70 bits per heavy atom. The number of rotatable bonds is 6. The first-order valence-corrected chi connectivity index (χ1v) is 8.89. The van der Waals surface area contributed by atoms with E-state index in [1.54, 1.807) is 0 Å². The zero-order chi connectivity index (χ0) is 21.3. The Bertz CT molecular complexity index is 1090. The van der Waals surface area contributed by atoms with Crippen molar-refractivity contribution in [2.75, 3.05) is 16.8 Å². The molecule has 30 heavy (non-hydrogen) atoms. The molecule has 3 heterocycles. The molecular formula is C19H15F4N5O2. The minimum Gasteiger partial charge on any atom is -0.435 e. The maximum Gasteiger partial charge on any atom is 0.387 e. The van der Waals surface area contributed by atoms with Gasteiger partial charge in [0, 0.05) is 18.8 Å². The third kappa shape index (κ3) is 3.91. The average molecular weight is 421 g/mol. The van der Waals surface area contributed by atoms with Gasteiger partial charge in [-0.15, -0.1) is 0 Å². The monoisotopic (exact) mass is 421 g/mol. The van der Waals surface area contributed by atoms with Gasteiger partial charge in [-0.1, -0.05) is 0 Å².